The number of allylic oxidation sites excluding steroid dienone is 2. The molecule has 0 fully saturated rings. The molecule has 0 rings (SSSR count). The van der Waals surface area contributed by atoms with E-state index < -0.39 is 26.5 Å². The molecule has 11 heteroatoms. The molecule has 53 heavy (non-hydrogen) atoms. The van der Waals surface area contributed by atoms with Crippen molar-refractivity contribution in [3.8, 4) is 0 Å². The second kappa shape index (κ2) is 38.6. The quantitative estimate of drug-likeness (QED) is 0.0153. The first kappa shape index (κ1) is 54.8. The Balaban J connectivity index is 0. The maximum Gasteiger partial charge on any atom is 1.00 e. The molecule has 0 aliphatic carbocycles. The summed E-state index contributed by atoms with van der Waals surface area (Å²) in [7, 11) is 1.17. The molecule has 0 saturated heterocycles. The number of hydrogen-bond donors (Lipinski definition) is 0. The standard InChI is InChI=1S/C42H82NO8P.Na/c1-6-8-10-12-14-16-18-20-21-23-25-27-29-31-33-35-42(45)51-40(39-50-52(46,47)49-37-36-43(3,4)5)38-48-41(44)34-32-30-28-26-24-22-19-17-15-13-11-9-7-2;/h20-21,40H,6-19,22-39H2,1-5H3;/q;+1/b21-20-;/t40-;/m1./s1. The molecule has 0 N–H and O–H groups in total. The van der Waals surface area contributed by atoms with Gasteiger partial charge in [-0.15, -0.1) is 0 Å². The van der Waals surface area contributed by atoms with E-state index in [0.717, 1.165) is 51.4 Å². The number of likely N-dealkylation sites (N-methyl/N-ethyl adjacent to an activating group) is 1. The average Bonchev–Trinajstić information content (AvgIpc) is 3.09. The maximum atomic E-state index is 12.6. The van der Waals surface area contributed by atoms with Crippen molar-refractivity contribution in [2.45, 2.75) is 200 Å². The molecule has 0 aliphatic rings. The number of ether oxygens (including phenoxy) is 2. The fourth-order valence-electron chi connectivity index (χ4n) is 5.88. The third-order valence-corrected chi connectivity index (χ3v) is 10.2. The molecule has 2 atom stereocenters. The van der Waals surface area contributed by atoms with E-state index in [2.05, 4.69) is 26.0 Å². The third-order valence-electron chi connectivity index (χ3n) is 9.29. The Labute approximate surface area is 349 Å². The smallest absolute Gasteiger partial charge is 0.756 e. The molecule has 0 aliphatic heterocycles. The van der Waals surface area contributed by atoms with E-state index >= 15 is 0 Å². The van der Waals surface area contributed by atoms with Gasteiger partial charge in [0.25, 0.3) is 7.82 Å². The molecule has 1 unspecified atom stereocenters. The molecule has 308 valence electrons. The molecule has 0 radical (unpaired) electrons. The van der Waals surface area contributed by atoms with Crippen molar-refractivity contribution < 1.29 is 71.6 Å². The summed E-state index contributed by atoms with van der Waals surface area (Å²) in [4.78, 5) is 37.4. The SMILES string of the molecule is CCCCCCCC/C=C\CCCCCCCC(=O)O[C@H](COC(=O)CCCCCCCCCCCCCCC)COP(=O)([O-])OCC[N+](C)(C)C.[Na+]. The van der Waals surface area contributed by atoms with Gasteiger partial charge in [-0.3, -0.25) is 14.2 Å². The number of nitrogens with zero attached hydrogens (tertiary/aromatic N) is 1. The summed E-state index contributed by atoms with van der Waals surface area (Å²) in [6.07, 6.45) is 35.1. The van der Waals surface area contributed by atoms with E-state index in [9.17, 15) is 19.0 Å². The van der Waals surface area contributed by atoms with Crippen LogP contribution in [0.1, 0.15) is 194 Å². The Kier molecular flexibility index (Phi) is 40.0. The molecule has 0 aromatic rings. The van der Waals surface area contributed by atoms with Crippen LogP contribution in [0.2, 0.25) is 0 Å². The fourth-order valence-corrected chi connectivity index (χ4v) is 6.61. The molecule has 0 heterocycles. The van der Waals surface area contributed by atoms with Crippen LogP contribution in [-0.2, 0) is 32.7 Å². The number of phosphoric acid groups is 1. The monoisotopic (exact) mass is 783 g/mol. The molecular weight excluding hydrogens is 700 g/mol. The minimum Gasteiger partial charge on any atom is -0.756 e. The molecule has 0 saturated carbocycles. The van der Waals surface area contributed by atoms with Crippen LogP contribution in [0.25, 0.3) is 0 Å². The van der Waals surface area contributed by atoms with Gasteiger partial charge in [0.15, 0.2) is 6.10 Å². The zero-order chi connectivity index (χ0) is 38.6. The molecule has 0 amide bonds. The molecule has 0 aromatic carbocycles. The van der Waals surface area contributed by atoms with Crippen LogP contribution in [0.3, 0.4) is 0 Å². The zero-order valence-corrected chi connectivity index (χ0v) is 38.4. The van der Waals surface area contributed by atoms with Crippen molar-refractivity contribution >= 4 is 19.8 Å². The first-order chi connectivity index (χ1) is 25.0. The van der Waals surface area contributed by atoms with Gasteiger partial charge in [0.05, 0.1) is 27.7 Å². The van der Waals surface area contributed by atoms with Crippen molar-refractivity contribution in [2.75, 3.05) is 47.5 Å². The van der Waals surface area contributed by atoms with Crippen LogP contribution in [-0.4, -0.2) is 70.0 Å². The zero-order valence-electron chi connectivity index (χ0n) is 35.5. The Morgan fingerprint density at radius 1 is 0.585 bits per heavy atom. The number of carbonyl (C=O) groups is 2. The number of carbonyl (C=O) groups excluding carboxylic acids is 2. The normalized spacial score (nSPS) is 13.5. The van der Waals surface area contributed by atoms with E-state index in [1.807, 2.05) is 21.1 Å². The van der Waals surface area contributed by atoms with Gasteiger partial charge in [-0.25, -0.2) is 0 Å². The van der Waals surface area contributed by atoms with E-state index in [1.54, 1.807) is 0 Å². The predicted octanol–water partition coefficient (Wildman–Crippen LogP) is 8.17. The average molecular weight is 783 g/mol. The molecule has 0 spiro atoms. The predicted molar refractivity (Wildman–Crippen MR) is 213 cm³/mol. The van der Waals surface area contributed by atoms with Gasteiger partial charge in [-0.05, 0) is 38.5 Å². The number of hydrogen-bond acceptors (Lipinski definition) is 8. The van der Waals surface area contributed by atoms with Crippen LogP contribution in [0, 0.1) is 0 Å². The molecule has 0 bridgehead atoms. The summed E-state index contributed by atoms with van der Waals surface area (Å²) < 4.78 is 33.8. The van der Waals surface area contributed by atoms with Crippen molar-refractivity contribution in [3.63, 3.8) is 0 Å². The summed E-state index contributed by atoms with van der Waals surface area (Å²) >= 11 is 0. The second-order valence-corrected chi connectivity index (χ2v) is 17.1. The summed E-state index contributed by atoms with van der Waals surface area (Å²) in [6, 6.07) is 0. The van der Waals surface area contributed by atoms with E-state index in [1.165, 1.54) is 109 Å². The van der Waals surface area contributed by atoms with Gasteiger partial charge in [-0.2, -0.15) is 0 Å². The topological polar surface area (TPSA) is 111 Å². The summed E-state index contributed by atoms with van der Waals surface area (Å²) in [5.41, 5.74) is 0. The largest absolute Gasteiger partial charge is 1.00 e. The second-order valence-electron chi connectivity index (χ2n) is 15.7. The minimum atomic E-state index is -4.62. The van der Waals surface area contributed by atoms with Crippen LogP contribution in [0.15, 0.2) is 12.2 Å². The van der Waals surface area contributed by atoms with Crippen LogP contribution >= 0.6 is 7.82 Å². The Morgan fingerprint density at radius 2 is 0.981 bits per heavy atom. The van der Waals surface area contributed by atoms with Gasteiger partial charge in [0, 0.05) is 12.8 Å². The fraction of sp³-hybridized carbons (Fsp3) is 0.905. The summed E-state index contributed by atoms with van der Waals surface area (Å²) in [6.45, 7) is 4.22. The van der Waals surface area contributed by atoms with Gasteiger partial charge in [0.1, 0.15) is 19.8 Å². The summed E-state index contributed by atoms with van der Waals surface area (Å²) in [5, 5.41) is 0. The number of esters is 2. The first-order valence-corrected chi connectivity index (χ1v) is 22.9. The Morgan fingerprint density at radius 3 is 1.42 bits per heavy atom. The van der Waals surface area contributed by atoms with Crippen molar-refractivity contribution in [1.29, 1.82) is 0 Å². The number of quaternary nitrogens is 1. The Hall–Kier alpha value is -0.250. The van der Waals surface area contributed by atoms with E-state index in [-0.39, 0.29) is 61.6 Å². The number of rotatable bonds is 39. The van der Waals surface area contributed by atoms with E-state index in [4.69, 9.17) is 18.5 Å². The van der Waals surface area contributed by atoms with Crippen LogP contribution < -0.4 is 34.5 Å². The molecule has 0 aromatic heterocycles. The van der Waals surface area contributed by atoms with Crippen LogP contribution in [0.5, 0.6) is 0 Å². The summed E-state index contributed by atoms with van der Waals surface area (Å²) in [5.74, 6) is -0.837. The maximum absolute atomic E-state index is 12.6. The Bertz CT molecular complexity index is 914. The van der Waals surface area contributed by atoms with Gasteiger partial charge < -0.3 is 27.9 Å². The molecular formula is C42H82NNaO8P+. The number of phosphoric ester groups is 1. The number of unbranched alkanes of at least 4 members (excludes halogenated alkanes) is 23. The van der Waals surface area contributed by atoms with Gasteiger partial charge >= 0.3 is 41.5 Å². The third kappa shape index (κ3) is 42.7. The first-order valence-electron chi connectivity index (χ1n) is 21.4. The molecule has 9 nitrogen and oxygen atoms in total. The van der Waals surface area contributed by atoms with Gasteiger partial charge in [-0.1, -0.05) is 154 Å². The van der Waals surface area contributed by atoms with Gasteiger partial charge in [0.2, 0.25) is 0 Å². The van der Waals surface area contributed by atoms with Crippen molar-refractivity contribution in [3.05, 3.63) is 12.2 Å². The van der Waals surface area contributed by atoms with Crippen LogP contribution in [0.4, 0.5) is 0 Å². The van der Waals surface area contributed by atoms with Crippen molar-refractivity contribution in [2.24, 2.45) is 0 Å². The minimum absolute atomic E-state index is 0. The van der Waals surface area contributed by atoms with Crippen molar-refractivity contribution in [1.82, 2.24) is 0 Å². The van der Waals surface area contributed by atoms with E-state index in [0.29, 0.717) is 17.4 Å².